The molecule has 0 bridgehead atoms. The van der Waals surface area contributed by atoms with E-state index in [4.69, 9.17) is 14.2 Å². The Bertz CT molecular complexity index is 1690. The first-order chi connectivity index (χ1) is 39.7. The molecule has 1 rings (SSSR count). The van der Waals surface area contributed by atoms with Crippen molar-refractivity contribution in [1.82, 2.24) is 5.32 Å². The molecule has 0 aromatic rings. The fourth-order valence-corrected chi connectivity index (χ4v) is 9.88. The van der Waals surface area contributed by atoms with Gasteiger partial charge in [0.05, 0.1) is 25.4 Å². The summed E-state index contributed by atoms with van der Waals surface area (Å²) in [6, 6.07) is -1.04. The highest BCUT2D eigenvalue weighted by molar-refractivity contribution is 5.80. The highest BCUT2D eigenvalue weighted by atomic mass is 16.7. The zero-order valence-electron chi connectivity index (χ0n) is 51.6. The number of hydrogen-bond acceptors (Lipinski definition) is 10. The van der Waals surface area contributed by atoms with Crippen molar-refractivity contribution in [2.24, 2.45) is 0 Å². The van der Waals surface area contributed by atoms with Crippen molar-refractivity contribution in [3.05, 3.63) is 97.2 Å². The topological polar surface area (TPSA) is 175 Å². The Morgan fingerprint density at radius 1 is 0.506 bits per heavy atom. The van der Waals surface area contributed by atoms with E-state index in [1.54, 1.807) is 6.08 Å². The number of ether oxygens (including phenoxy) is 3. The number of rotatable bonds is 55. The maximum atomic E-state index is 13.5. The number of unbranched alkanes of at least 4 members (excludes halogenated alkanes) is 31. The number of nitrogens with one attached hydrogen (secondary N) is 1. The lowest BCUT2D eigenvalue weighted by Crippen LogP contribution is -2.61. The lowest BCUT2D eigenvalue weighted by atomic mass is 9.99. The van der Waals surface area contributed by atoms with Gasteiger partial charge in [-0.2, -0.15) is 0 Å². The van der Waals surface area contributed by atoms with E-state index >= 15 is 0 Å². The third-order valence-corrected chi connectivity index (χ3v) is 15.1. The number of aliphatic hydroxyl groups is 5. The van der Waals surface area contributed by atoms with E-state index < -0.39 is 67.4 Å². The van der Waals surface area contributed by atoms with Crippen LogP contribution in [0.5, 0.6) is 0 Å². The molecular formula is C70H121NO10. The fourth-order valence-electron chi connectivity index (χ4n) is 9.88. The molecular weight excluding hydrogens is 1010 g/mol. The summed E-state index contributed by atoms with van der Waals surface area (Å²) in [7, 11) is 0. The molecule has 1 fully saturated rings. The van der Waals surface area contributed by atoms with Crippen molar-refractivity contribution in [3.63, 3.8) is 0 Å². The summed E-state index contributed by atoms with van der Waals surface area (Å²) in [6.07, 6.45) is 65.9. The maximum Gasteiger partial charge on any atom is 0.306 e. The minimum atomic E-state index is -1.64. The second kappa shape index (κ2) is 57.0. The second-order valence-electron chi connectivity index (χ2n) is 22.6. The molecule has 11 heteroatoms. The van der Waals surface area contributed by atoms with Gasteiger partial charge in [-0.25, -0.2) is 0 Å². The lowest BCUT2D eigenvalue weighted by molar-refractivity contribution is -0.305. The van der Waals surface area contributed by atoms with Gasteiger partial charge in [0, 0.05) is 6.42 Å². The average Bonchev–Trinajstić information content (AvgIpc) is 3.53. The molecule has 0 saturated carbocycles. The summed E-state index contributed by atoms with van der Waals surface area (Å²) in [6.45, 7) is 5.61. The van der Waals surface area contributed by atoms with Gasteiger partial charge in [0.25, 0.3) is 0 Å². The lowest BCUT2D eigenvalue weighted by Gasteiger charge is -2.41. The van der Waals surface area contributed by atoms with Crippen molar-refractivity contribution in [2.75, 3.05) is 13.2 Å². The average molecular weight is 1140 g/mol. The van der Waals surface area contributed by atoms with Gasteiger partial charge in [-0.3, -0.25) is 9.59 Å². The molecule has 1 heterocycles. The van der Waals surface area contributed by atoms with Crippen molar-refractivity contribution < 1.29 is 49.3 Å². The summed E-state index contributed by atoms with van der Waals surface area (Å²) in [5, 5.41) is 57.1. The Morgan fingerprint density at radius 2 is 0.938 bits per heavy atom. The van der Waals surface area contributed by atoms with Crippen LogP contribution in [-0.4, -0.2) is 99.6 Å². The normalized spacial score (nSPS) is 19.3. The van der Waals surface area contributed by atoms with Crippen LogP contribution in [0.15, 0.2) is 97.2 Å². The van der Waals surface area contributed by atoms with Crippen LogP contribution in [0.25, 0.3) is 0 Å². The van der Waals surface area contributed by atoms with Gasteiger partial charge in [0.15, 0.2) is 12.4 Å². The molecule has 81 heavy (non-hydrogen) atoms. The maximum absolute atomic E-state index is 13.5. The van der Waals surface area contributed by atoms with Gasteiger partial charge >= 0.3 is 5.97 Å². The van der Waals surface area contributed by atoms with Crippen LogP contribution < -0.4 is 5.32 Å². The second-order valence-corrected chi connectivity index (χ2v) is 22.6. The van der Waals surface area contributed by atoms with Gasteiger partial charge < -0.3 is 45.1 Å². The molecule has 6 N–H and O–H groups in total. The minimum absolute atomic E-state index is 0.0708. The minimum Gasteiger partial charge on any atom is -0.454 e. The number of allylic oxidation sites excluding steroid dienone is 15. The Balaban J connectivity index is 2.64. The number of aliphatic hydroxyl groups excluding tert-OH is 5. The molecule has 1 amide bonds. The van der Waals surface area contributed by atoms with Crippen LogP contribution >= 0.6 is 0 Å². The van der Waals surface area contributed by atoms with E-state index in [0.29, 0.717) is 12.8 Å². The van der Waals surface area contributed by atoms with Gasteiger partial charge in [-0.15, -0.1) is 0 Å². The van der Waals surface area contributed by atoms with E-state index in [-0.39, 0.29) is 19.4 Å². The van der Waals surface area contributed by atoms with Crippen LogP contribution in [0.3, 0.4) is 0 Å². The first-order valence-corrected chi connectivity index (χ1v) is 33.1. The van der Waals surface area contributed by atoms with Gasteiger partial charge in [0.1, 0.15) is 24.4 Å². The smallest absolute Gasteiger partial charge is 0.306 e. The zero-order valence-corrected chi connectivity index (χ0v) is 51.6. The van der Waals surface area contributed by atoms with Crippen molar-refractivity contribution in [1.29, 1.82) is 0 Å². The molecule has 1 aliphatic heterocycles. The quantitative estimate of drug-likeness (QED) is 0.0149. The first-order valence-electron chi connectivity index (χ1n) is 33.1. The molecule has 0 spiro atoms. The Kier molecular flexibility index (Phi) is 53.2. The van der Waals surface area contributed by atoms with E-state index in [1.165, 1.54) is 154 Å². The van der Waals surface area contributed by atoms with Crippen LogP contribution in [0.2, 0.25) is 0 Å². The predicted molar refractivity (Wildman–Crippen MR) is 338 cm³/mol. The van der Waals surface area contributed by atoms with Crippen molar-refractivity contribution in [2.45, 2.75) is 320 Å². The summed E-state index contributed by atoms with van der Waals surface area (Å²) < 4.78 is 17.6. The third-order valence-electron chi connectivity index (χ3n) is 15.1. The molecule has 8 unspecified atom stereocenters. The number of esters is 1. The van der Waals surface area contributed by atoms with E-state index in [0.717, 1.165) is 70.6 Å². The number of carbonyl (C=O) groups excluding carboxylic acids is 2. The fraction of sp³-hybridized carbons (Fsp3) is 0.743. The van der Waals surface area contributed by atoms with Gasteiger partial charge in [0.2, 0.25) is 5.91 Å². The molecule has 11 nitrogen and oxygen atoms in total. The summed E-state index contributed by atoms with van der Waals surface area (Å²) in [5.74, 6) is -1.24. The Morgan fingerprint density at radius 3 is 1.46 bits per heavy atom. The zero-order chi connectivity index (χ0) is 58.9. The van der Waals surface area contributed by atoms with Crippen LogP contribution in [0, 0.1) is 0 Å². The molecule has 0 aliphatic carbocycles. The third kappa shape index (κ3) is 44.7. The predicted octanol–water partition coefficient (Wildman–Crippen LogP) is 16.3. The highest BCUT2D eigenvalue weighted by Gasteiger charge is 2.47. The largest absolute Gasteiger partial charge is 0.454 e. The monoisotopic (exact) mass is 1140 g/mol. The molecule has 1 aliphatic rings. The highest BCUT2D eigenvalue weighted by Crippen LogP contribution is 2.26. The molecule has 0 aromatic carbocycles. The Labute approximate surface area is 495 Å². The van der Waals surface area contributed by atoms with Crippen molar-refractivity contribution >= 4 is 11.9 Å². The van der Waals surface area contributed by atoms with Crippen LogP contribution in [-0.2, 0) is 23.8 Å². The van der Waals surface area contributed by atoms with Crippen molar-refractivity contribution in [3.8, 4) is 0 Å². The number of hydrogen-bond donors (Lipinski definition) is 6. The van der Waals surface area contributed by atoms with Crippen LogP contribution in [0.4, 0.5) is 0 Å². The van der Waals surface area contributed by atoms with Gasteiger partial charge in [-0.1, -0.05) is 285 Å². The molecule has 8 atom stereocenters. The van der Waals surface area contributed by atoms with E-state index in [9.17, 15) is 35.1 Å². The SMILES string of the molecule is CC/C=C/C=C/C=C\C=C/C=C/CCCCCC(=O)OC1C(OCC(NC(=O)C(O)CCCCCCCCCCCCCCCC/C=C\C/C=C\CCCCC)C(O)/C=C/CCCCCCCCCCCCC)OC(CO)C(O)C1O. The molecule has 0 radical (unpaired) electrons. The molecule has 0 aromatic heterocycles. The number of amides is 1. The molecule has 1 saturated heterocycles. The molecule has 466 valence electrons. The standard InChI is InChI=1S/C70H121NO10/c1-4-7-10-13-16-19-22-25-27-28-29-30-31-32-33-34-35-37-39-42-45-48-51-54-57-63(74)69(78)71-61(62(73)56-53-50-47-44-41-38-24-21-18-15-12-9-6-3)60-79-70-68(67(77)66(76)64(59-72)80-70)81-65(75)58-55-52-49-46-43-40-36-26-23-20-17-14-11-8-5-2/h8,11,14,16-17,19-20,23,25-27,36,40,43,53,56,61-64,66-68,70,72-74,76-77H,4-7,9-10,12-13,15,18,21-22,24,28-35,37-39,41-42,44-52,54-55,57-60H2,1-3H3,(H,71,78)/b11-8+,17-14+,19-16-,23-20-,27-25-,36-26-,43-40+,56-53+. The van der Waals surface area contributed by atoms with E-state index in [1.807, 2.05) is 54.7 Å². The summed E-state index contributed by atoms with van der Waals surface area (Å²) >= 11 is 0. The first kappa shape index (κ1) is 75.6. The van der Waals surface area contributed by atoms with Gasteiger partial charge in [-0.05, 0) is 77.0 Å². The Hall–Kier alpha value is -3.42. The van der Waals surface area contributed by atoms with E-state index in [2.05, 4.69) is 62.5 Å². The number of carbonyl (C=O) groups is 2. The summed E-state index contributed by atoms with van der Waals surface area (Å²) in [4.78, 5) is 26.6. The van der Waals surface area contributed by atoms with Crippen LogP contribution in [0.1, 0.15) is 271 Å². The summed E-state index contributed by atoms with van der Waals surface area (Å²) in [5.41, 5.74) is 0.